The Morgan fingerprint density at radius 1 is 1.50 bits per heavy atom. The lowest BCUT2D eigenvalue weighted by atomic mass is 10.0. The fourth-order valence-electron chi connectivity index (χ4n) is 1.36. The molecule has 0 bridgehead atoms. The van der Waals surface area contributed by atoms with Crippen molar-refractivity contribution < 1.29 is 9.90 Å². The van der Waals surface area contributed by atoms with Crippen LogP contribution in [-0.4, -0.2) is 28.1 Å². The summed E-state index contributed by atoms with van der Waals surface area (Å²) in [7, 11) is 0. The van der Waals surface area contributed by atoms with Gasteiger partial charge >= 0.3 is 0 Å². The minimum atomic E-state index is -0.889. The van der Waals surface area contributed by atoms with Crippen LogP contribution in [0.4, 0.5) is 0 Å². The topological polar surface area (TPSA) is 62.2 Å². The first-order valence-corrected chi connectivity index (χ1v) is 6.43. The molecule has 18 heavy (non-hydrogen) atoms. The molecular formula is C13H19ClN2O2. The first kappa shape index (κ1) is 14.9. The summed E-state index contributed by atoms with van der Waals surface area (Å²) in [6.07, 6.45) is 1.29. The van der Waals surface area contributed by atoms with Crippen molar-refractivity contribution in [2.24, 2.45) is 0 Å². The van der Waals surface area contributed by atoms with Crippen LogP contribution in [-0.2, 0) is 6.42 Å². The minimum absolute atomic E-state index is 0.212. The van der Waals surface area contributed by atoms with Gasteiger partial charge < -0.3 is 10.4 Å². The Hall–Kier alpha value is -1.13. The summed E-state index contributed by atoms with van der Waals surface area (Å²) in [5, 5.41) is 12.8. The number of aryl methyl sites for hydroxylation is 1. The molecule has 2 N–H and O–H groups in total. The van der Waals surface area contributed by atoms with Crippen molar-refractivity contribution >= 4 is 17.5 Å². The van der Waals surface area contributed by atoms with Crippen molar-refractivity contribution in [2.45, 2.75) is 39.2 Å². The van der Waals surface area contributed by atoms with Crippen molar-refractivity contribution in [1.82, 2.24) is 10.3 Å². The van der Waals surface area contributed by atoms with Crippen LogP contribution >= 0.6 is 11.6 Å². The number of hydrogen-bond acceptors (Lipinski definition) is 3. The lowest BCUT2D eigenvalue weighted by molar-refractivity contribution is 0.0518. The second kappa shape index (κ2) is 6.16. The predicted molar refractivity (Wildman–Crippen MR) is 71.9 cm³/mol. The quantitative estimate of drug-likeness (QED) is 0.806. The molecule has 100 valence electrons. The van der Waals surface area contributed by atoms with Crippen molar-refractivity contribution in [2.75, 3.05) is 6.54 Å². The van der Waals surface area contributed by atoms with Gasteiger partial charge in [0.15, 0.2) is 0 Å². The van der Waals surface area contributed by atoms with Crippen molar-refractivity contribution in [3.8, 4) is 0 Å². The van der Waals surface area contributed by atoms with Gasteiger partial charge in [-0.05, 0) is 31.9 Å². The van der Waals surface area contributed by atoms with E-state index < -0.39 is 5.60 Å². The van der Waals surface area contributed by atoms with E-state index in [2.05, 4.69) is 10.3 Å². The average Bonchev–Trinajstić information content (AvgIpc) is 2.35. The van der Waals surface area contributed by atoms with Gasteiger partial charge in [0.05, 0.1) is 5.60 Å². The normalized spacial score (nSPS) is 14.1. The standard InChI is InChI=1S/C13H19ClN2O2/c1-4-10-6-9(7-11(14)16-10)12(17)15-8-13(3,18)5-2/h6-7,18H,4-5,8H2,1-3H3,(H,15,17). The van der Waals surface area contributed by atoms with Gasteiger partial charge in [0, 0.05) is 17.8 Å². The molecule has 0 fully saturated rings. The number of nitrogens with zero attached hydrogens (tertiary/aromatic N) is 1. The summed E-state index contributed by atoms with van der Waals surface area (Å²) < 4.78 is 0. The number of aromatic nitrogens is 1. The Labute approximate surface area is 112 Å². The number of carbonyl (C=O) groups excluding carboxylic acids is 1. The van der Waals surface area contributed by atoms with Gasteiger partial charge in [-0.1, -0.05) is 25.4 Å². The van der Waals surface area contributed by atoms with Gasteiger partial charge in [-0.15, -0.1) is 0 Å². The molecule has 0 spiro atoms. The largest absolute Gasteiger partial charge is 0.388 e. The van der Waals surface area contributed by atoms with Crippen LogP contribution in [0, 0.1) is 0 Å². The number of amides is 1. The lowest BCUT2D eigenvalue weighted by Crippen LogP contribution is -2.40. The highest BCUT2D eigenvalue weighted by atomic mass is 35.5. The van der Waals surface area contributed by atoms with E-state index in [4.69, 9.17) is 11.6 Å². The van der Waals surface area contributed by atoms with Crippen LogP contribution in [0.5, 0.6) is 0 Å². The molecule has 0 saturated heterocycles. The molecule has 0 aliphatic heterocycles. The van der Waals surface area contributed by atoms with Gasteiger partial charge in [0.2, 0.25) is 0 Å². The molecule has 0 aliphatic carbocycles. The first-order chi connectivity index (χ1) is 8.38. The zero-order chi connectivity index (χ0) is 13.8. The number of nitrogens with one attached hydrogen (secondary N) is 1. The highest BCUT2D eigenvalue weighted by Crippen LogP contribution is 2.12. The molecule has 1 heterocycles. The molecule has 1 atom stereocenters. The highest BCUT2D eigenvalue weighted by Gasteiger charge is 2.19. The molecule has 1 aromatic rings. The third-order valence-electron chi connectivity index (χ3n) is 2.86. The Kier molecular flexibility index (Phi) is 5.11. The third kappa shape index (κ3) is 4.27. The molecular weight excluding hydrogens is 252 g/mol. The van der Waals surface area contributed by atoms with Crippen LogP contribution < -0.4 is 5.32 Å². The van der Waals surface area contributed by atoms with Crippen LogP contribution in [0.2, 0.25) is 5.15 Å². The molecule has 1 unspecified atom stereocenters. The molecule has 4 nitrogen and oxygen atoms in total. The Morgan fingerprint density at radius 2 is 2.17 bits per heavy atom. The van der Waals surface area contributed by atoms with E-state index in [0.717, 1.165) is 5.69 Å². The highest BCUT2D eigenvalue weighted by molar-refractivity contribution is 6.29. The maximum atomic E-state index is 11.9. The smallest absolute Gasteiger partial charge is 0.251 e. The SMILES string of the molecule is CCc1cc(C(=O)NCC(C)(O)CC)cc(Cl)n1. The monoisotopic (exact) mass is 270 g/mol. The van der Waals surface area contributed by atoms with Crippen LogP contribution in [0.3, 0.4) is 0 Å². The Balaban J connectivity index is 2.75. The number of hydrogen-bond donors (Lipinski definition) is 2. The Morgan fingerprint density at radius 3 is 2.72 bits per heavy atom. The van der Waals surface area contributed by atoms with Gasteiger partial charge in [0.1, 0.15) is 5.15 Å². The molecule has 1 rings (SSSR count). The third-order valence-corrected chi connectivity index (χ3v) is 3.06. The molecule has 1 amide bonds. The number of pyridine rings is 1. The number of halogens is 1. The summed E-state index contributed by atoms with van der Waals surface area (Å²) >= 11 is 5.85. The van der Waals surface area contributed by atoms with Crippen LogP contribution in [0.25, 0.3) is 0 Å². The zero-order valence-electron chi connectivity index (χ0n) is 11.0. The molecule has 0 saturated carbocycles. The summed E-state index contributed by atoms with van der Waals surface area (Å²) in [6.45, 7) is 5.71. The van der Waals surface area contributed by atoms with Gasteiger partial charge in [-0.25, -0.2) is 4.98 Å². The summed E-state index contributed by atoms with van der Waals surface area (Å²) in [4.78, 5) is 16.0. The molecule has 0 aliphatic rings. The summed E-state index contributed by atoms with van der Waals surface area (Å²) in [6, 6.07) is 3.23. The van der Waals surface area contributed by atoms with E-state index in [1.54, 1.807) is 13.0 Å². The van der Waals surface area contributed by atoms with E-state index in [1.165, 1.54) is 6.07 Å². The lowest BCUT2D eigenvalue weighted by Gasteiger charge is -2.21. The fourth-order valence-corrected chi connectivity index (χ4v) is 1.59. The van der Waals surface area contributed by atoms with E-state index in [-0.39, 0.29) is 12.5 Å². The molecule has 5 heteroatoms. The van der Waals surface area contributed by atoms with Crippen molar-refractivity contribution in [1.29, 1.82) is 0 Å². The minimum Gasteiger partial charge on any atom is -0.388 e. The van der Waals surface area contributed by atoms with Crippen LogP contribution in [0.1, 0.15) is 43.2 Å². The molecule has 1 aromatic heterocycles. The van der Waals surface area contributed by atoms with E-state index >= 15 is 0 Å². The number of carbonyl (C=O) groups is 1. The maximum absolute atomic E-state index is 11.9. The van der Waals surface area contributed by atoms with Gasteiger partial charge in [0.25, 0.3) is 5.91 Å². The maximum Gasteiger partial charge on any atom is 0.251 e. The second-order valence-electron chi connectivity index (χ2n) is 4.56. The van der Waals surface area contributed by atoms with E-state index in [1.807, 2.05) is 13.8 Å². The molecule has 0 aromatic carbocycles. The van der Waals surface area contributed by atoms with Gasteiger partial charge in [-0.3, -0.25) is 4.79 Å². The zero-order valence-corrected chi connectivity index (χ0v) is 11.7. The second-order valence-corrected chi connectivity index (χ2v) is 4.94. The van der Waals surface area contributed by atoms with Crippen LogP contribution in [0.15, 0.2) is 12.1 Å². The number of aliphatic hydroxyl groups is 1. The number of rotatable bonds is 5. The summed E-state index contributed by atoms with van der Waals surface area (Å²) in [5.41, 5.74) is 0.355. The molecule has 0 radical (unpaired) electrons. The first-order valence-electron chi connectivity index (χ1n) is 6.05. The average molecular weight is 271 g/mol. The van der Waals surface area contributed by atoms with Crippen molar-refractivity contribution in [3.63, 3.8) is 0 Å². The Bertz CT molecular complexity index is 433. The fraction of sp³-hybridized carbons (Fsp3) is 0.538. The van der Waals surface area contributed by atoms with E-state index in [0.29, 0.717) is 23.6 Å². The summed E-state index contributed by atoms with van der Waals surface area (Å²) in [5.74, 6) is -0.247. The van der Waals surface area contributed by atoms with E-state index in [9.17, 15) is 9.90 Å². The van der Waals surface area contributed by atoms with Crippen molar-refractivity contribution in [3.05, 3.63) is 28.5 Å². The predicted octanol–water partition coefficient (Wildman–Crippen LogP) is 2.19. The van der Waals surface area contributed by atoms with Gasteiger partial charge in [-0.2, -0.15) is 0 Å².